The van der Waals surface area contributed by atoms with Crippen molar-refractivity contribution >= 4 is 34.8 Å². The molecule has 0 unspecified atom stereocenters. The molecule has 0 spiro atoms. The smallest absolute Gasteiger partial charge is 0.271 e. The molecular formula is C16H14Cl2N2O2. The van der Waals surface area contributed by atoms with Crippen LogP contribution < -0.4 is 5.43 Å². The molecule has 0 aliphatic carbocycles. The number of phenolic OH excluding ortho intramolecular Hbond substituents is 1. The standard InChI is InChI=1S/C16H14Cl2N2O2/c1-2-14(11-5-3-4-6-15(11)21)19-20-16(22)10-7-8-12(17)13(18)9-10/h3-9,21H,2H2,1H3,(H,20,22)/b19-14+. The lowest BCUT2D eigenvalue weighted by Crippen LogP contribution is -2.20. The van der Waals surface area contributed by atoms with Crippen LogP contribution in [0.5, 0.6) is 5.75 Å². The number of benzene rings is 2. The molecule has 0 radical (unpaired) electrons. The summed E-state index contributed by atoms with van der Waals surface area (Å²) in [6.45, 7) is 1.89. The summed E-state index contributed by atoms with van der Waals surface area (Å²) in [5.41, 5.74) is 3.97. The van der Waals surface area contributed by atoms with Crippen molar-refractivity contribution in [2.75, 3.05) is 0 Å². The molecule has 0 aliphatic heterocycles. The minimum absolute atomic E-state index is 0.117. The molecule has 0 aromatic heterocycles. The Balaban J connectivity index is 2.20. The number of para-hydroxylation sites is 1. The zero-order valence-electron chi connectivity index (χ0n) is 11.8. The van der Waals surface area contributed by atoms with E-state index in [1.165, 1.54) is 6.07 Å². The summed E-state index contributed by atoms with van der Waals surface area (Å²) >= 11 is 11.7. The van der Waals surface area contributed by atoms with E-state index in [-0.39, 0.29) is 5.75 Å². The van der Waals surface area contributed by atoms with Crippen molar-refractivity contribution in [3.05, 3.63) is 63.6 Å². The Labute approximate surface area is 138 Å². The van der Waals surface area contributed by atoms with E-state index < -0.39 is 5.91 Å². The number of nitrogens with one attached hydrogen (secondary N) is 1. The lowest BCUT2D eigenvalue weighted by Gasteiger charge is -2.07. The molecule has 114 valence electrons. The van der Waals surface area contributed by atoms with Crippen LogP contribution in [0, 0.1) is 0 Å². The molecule has 2 N–H and O–H groups in total. The summed E-state index contributed by atoms with van der Waals surface area (Å²) in [5, 5.41) is 14.6. The highest BCUT2D eigenvalue weighted by molar-refractivity contribution is 6.42. The van der Waals surface area contributed by atoms with Crippen molar-refractivity contribution in [2.24, 2.45) is 5.10 Å². The van der Waals surface area contributed by atoms with Gasteiger partial charge in [0.15, 0.2) is 0 Å². The molecule has 0 bridgehead atoms. The van der Waals surface area contributed by atoms with Gasteiger partial charge in [0.25, 0.3) is 5.91 Å². The van der Waals surface area contributed by atoms with Gasteiger partial charge in [0.2, 0.25) is 0 Å². The van der Waals surface area contributed by atoms with Gasteiger partial charge < -0.3 is 5.11 Å². The molecule has 2 aromatic rings. The first-order valence-corrected chi connectivity index (χ1v) is 7.38. The molecule has 0 fully saturated rings. The van der Waals surface area contributed by atoms with Gasteiger partial charge in [-0.3, -0.25) is 4.79 Å². The van der Waals surface area contributed by atoms with Crippen molar-refractivity contribution in [2.45, 2.75) is 13.3 Å². The van der Waals surface area contributed by atoms with Crippen LogP contribution in [0.3, 0.4) is 0 Å². The molecule has 0 saturated heterocycles. The third-order valence-corrected chi connectivity index (χ3v) is 3.76. The van der Waals surface area contributed by atoms with Gasteiger partial charge in [0.1, 0.15) is 5.75 Å². The minimum atomic E-state index is -0.403. The molecular weight excluding hydrogens is 323 g/mol. The van der Waals surface area contributed by atoms with E-state index in [4.69, 9.17) is 23.2 Å². The molecule has 0 aliphatic rings. The average Bonchev–Trinajstić information content (AvgIpc) is 2.52. The lowest BCUT2D eigenvalue weighted by atomic mass is 10.1. The van der Waals surface area contributed by atoms with Gasteiger partial charge in [0, 0.05) is 11.1 Å². The summed E-state index contributed by atoms with van der Waals surface area (Å²) in [7, 11) is 0. The number of carbonyl (C=O) groups excluding carboxylic acids is 1. The summed E-state index contributed by atoms with van der Waals surface area (Å²) in [5.74, 6) is -0.285. The van der Waals surface area contributed by atoms with Crippen molar-refractivity contribution < 1.29 is 9.90 Å². The van der Waals surface area contributed by atoms with Crippen LogP contribution in [0.25, 0.3) is 0 Å². The monoisotopic (exact) mass is 336 g/mol. The van der Waals surface area contributed by atoms with E-state index in [1.54, 1.807) is 36.4 Å². The van der Waals surface area contributed by atoms with Crippen molar-refractivity contribution in [1.82, 2.24) is 5.43 Å². The Bertz CT molecular complexity index is 730. The molecule has 0 saturated carbocycles. The number of phenols is 1. The Hall–Kier alpha value is -2.04. The van der Waals surface area contributed by atoms with Gasteiger partial charge in [-0.15, -0.1) is 0 Å². The molecule has 4 nitrogen and oxygen atoms in total. The number of aromatic hydroxyl groups is 1. The first-order valence-electron chi connectivity index (χ1n) is 6.63. The van der Waals surface area contributed by atoms with E-state index in [0.29, 0.717) is 33.3 Å². The molecule has 0 atom stereocenters. The third-order valence-electron chi connectivity index (χ3n) is 3.02. The highest BCUT2D eigenvalue weighted by Gasteiger charge is 2.10. The maximum absolute atomic E-state index is 12.1. The van der Waals surface area contributed by atoms with E-state index in [9.17, 15) is 9.90 Å². The molecule has 2 rings (SSSR count). The highest BCUT2D eigenvalue weighted by atomic mass is 35.5. The number of carbonyl (C=O) groups is 1. The summed E-state index contributed by atoms with van der Waals surface area (Å²) in [4.78, 5) is 12.1. The van der Waals surface area contributed by atoms with Crippen molar-refractivity contribution in [1.29, 1.82) is 0 Å². The van der Waals surface area contributed by atoms with Crippen LogP contribution in [-0.2, 0) is 0 Å². The van der Waals surface area contributed by atoms with Gasteiger partial charge in [-0.25, -0.2) is 5.43 Å². The SMILES string of the molecule is CC/C(=N\NC(=O)c1ccc(Cl)c(Cl)c1)c1ccccc1O. The predicted molar refractivity (Wildman–Crippen MR) is 88.9 cm³/mol. The van der Waals surface area contributed by atoms with Crippen LogP contribution in [0.15, 0.2) is 47.6 Å². The van der Waals surface area contributed by atoms with Gasteiger partial charge in [-0.1, -0.05) is 42.3 Å². The average molecular weight is 337 g/mol. The van der Waals surface area contributed by atoms with Crippen LogP contribution in [0.1, 0.15) is 29.3 Å². The summed E-state index contributed by atoms with van der Waals surface area (Å²) in [6, 6.07) is 11.4. The Morgan fingerprint density at radius 3 is 2.55 bits per heavy atom. The third kappa shape index (κ3) is 3.78. The summed E-state index contributed by atoms with van der Waals surface area (Å²) < 4.78 is 0. The van der Waals surface area contributed by atoms with Crippen LogP contribution >= 0.6 is 23.2 Å². The topological polar surface area (TPSA) is 61.7 Å². The Kier molecular flexibility index (Phi) is 5.41. The van der Waals surface area contributed by atoms with E-state index in [0.717, 1.165) is 0 Å². The first kappa shape index (κ1) is 16.3. The Morgan fingerprint density at radius 2 is 1.91 bits per heavy atom. The molecule has 0 heterocycles. The summed E-state index contributed by atoms with van der Waals surface area (Å²) in [6.07, 6.45) is 0.555. The van der Waals surface area contributed by atoms with Gasteiger partial charge in [0.05, 0.1) is 15.8 Å². The second-order valence-corrected chi connectivity index (χ2v) is 5.31. The number of rotatable bonds is 4. The number of hydrogen-bond acceptors (Lipinski definition) is 3. The quantitative estimate of drug-likeness (QED) is 0.647. The maximum atomic E-state index is 12.1. The van der Waals surface area contributed by atoms with Crippen LogP contribution in [0.2, 0.25) is 10.0 Å². The van der Waals surface area contributed by atoms with E-state index >= 15 is 0 Å². The fraction of sp³-hybridized carbons (Fsp3) is 0.125. The molecule has 1 amide bonds. The molecule has 2 aromatic carbocycles. The van der Waals surface area contributed by atoms with Gasteiger partial charge in [-0.2, -0.15) is 5.10 Å². The lowest BCUT2D eigenvalue weighted by molar-refractivity contribution is 0.0955. The number of nitrogens with zero attached hydrogens (tertiary/aromatic N) is 1. The van der Waals surface area contributed by atoms with E-state index in [2.05, 4.69) is 10.5 Å². The largest absolute Gasteiger partial charge is 0.507 e. The number of hydrazone groups is 1. The normalized spacial score (nSPS) is 11.3. The first-order chi connectivity index (χ1) is 10.5. The fourth-order valence-electron chi connectivity index (χ4n) is 1.87. The zero-order valence-corrected chi connectivity index (χ0v) is 13.3. The van der Waals surface area contributed by atoms with Gasteiger partial charge in [-0.05, 0) is 36.8 Å². The number of halogens is 2. The molecule has 22 heavy (non-hydrogen) atoms. The predicted octanol–water partition coefficient (Wildman–Crippen LogP) is 4.24. The Morgan fingerprint density at radius 1 is 1.18 bits per heavy atom. The van der Waals surface area contributed by atoms with Crippen LogP contribution in [-0.4, -0.2) is 16.7 Å². The second kappa shape index (κ2) is 7.29. The fourth-order valence-corrected chi connectivity index (χ4v) is 2.17. The van der Waals surface area contributed by atoms with Crippen LogP contribution in [0.4, 0.5) is 0 Å². The molecule has 6 heteroatoms. The van der Waals surface area contributed by atoms with E-state index in [1.807, 2.05) is 6.92 Å². The maximum Gasteiger partial charge on any atom is 0.271 e. The minimum Gasteiger partial charge on any atom is -0.507 e. The number of hydrogen-bond donors (Lipinski definition) is 2. The van der Waals surface area contributed by atoms with Gasteiger partial charge >= 0.3 is 0 Å². The van der Waals surface area contributed by atoms with Crippen molar-refractivity contribution in [3.63, 3.8) is 0 Å². The number of amides is 1. The highest BCUT2D eigenvalue weighted by Crippen LogP contribution is 2.22. The second-order valence-electron chi connectivity index (χ2n) is 4.50. The van der Waals surface area contributed by atoms with Crippen molar-refractivity contribution in [3.8, 4) is 5.75 Å². The zero-order chi connectivity index (χ0) is 16.1.